The molecule has 0 radical (unpaired) electrons. The lowest BCUT2D eigenvalue weighted by atomic mass is 10.3. The van der Waals surface area contributed by atoms with Gasteiger partial charge in [-0.1, -0.05) is 0 Å². The third-order valence-electron chi connectivity index (χ3n) is 2.96. The minimum Gasteiger partial charge on any atom is -0.472 e. The Labute approximate surface area is 134 Å². The number of pyridine rings is 1. The van der Waals surface area contributed by atoms with Gasteiger partial charge < -0.3 is 14.6 Å². The van der Waals surface area contributed by atoms with Crippen LogP contribution in [0.4, 0.5) is 14.5 Å². The first-order valence-electron chi connectivity index (χ1n) is 6.83. The number of hydrogen-bond acceptors (Lipinski definition) is 7. The van der Waals surface area contributed by atoms with E-state index < -0.39 is 23.1 Å². The van der Waals surface area contributed by atoms with Crippen LogP contribution in [-0.2, 0) is 0 Å². The summed E-state index contributed by atoms with van der Waals surface area (Å²) < 4.78 is 35.5. The quantitative estimate of drug-likeness (QED) is 0.442. The van der Waals surface area contributed by atoms with Gasteiger partial charge in [0.15, 0.2) is 0 Å². The monoisotopic (exact) mass is 344 g/mol. The molecule has 9 nitrogen and oxygen atoms in total. The van der Waals surface area contributed by atoms with E-state index in [4.69, 9.17) is 9.84 Å². The molecule has 0 saturated heterocycles. The zero-order chi connectivity index (χ0) is 17.7. The number of halogens is 2. The van der Waals surface area contributed by atoms with E-state index in [1.165, 1.54) is 25.3 Å². The Morgan fingerprint density at radius 1 is 1.46 bits per heavy atom. The van der Waals surface area contributed by atoms with Crippen LogP contribution < -0.4 is 9.47 Å². The van der Waals surface area contributed by atoms with Crippen molar-refractivity contribution in [1.82, 2.24) is 14.8 Å². The second-order valence-corrected chi connectivity index (χ2v) is 4.54. The molecule has 1 N–H and O–H groups in total. The Balaban J connectivity index is 2.48. The first-order valence-corrected chi connectivity index (χ1v) is 6.83. The molecule has 0 amide bonds. The summed E-state index contributed by atoms with van der Waals surface area (Å²) in [6.45, 7) is -1.85. The second-order valence-electron chi connectivity index (χ2n) is 4.54. The fourth-order valence-electron chi connectivity index (χ4n) is 1.96. The Morgan fingerprint density at radius 2 is 2.21 bits per heavy atom. The van der Waals surface area contributed by atoms with E-state index in [-0.39, 0.29) is 36.9 Å². The van der Waals surface area contributed by atoms with Gasteiger partial charge in [0.2, 0.25) is 5.88 Å². The highest BCUT2D eigenvalue weighted by atomic mass is 19.3. The predicted octanol–water partition coefficient (Wildman–Crippen LogP) is 1.85. The van der Waals surface area contributed by atoms with Gasteiger partial charge in [-0.25, -0.2) is 9.67 Å². The van der Waals surface area contributed by atoms with E-state index in [1.807, 2.05) is 0 Å². The first-order chi connectivity index (χ1) is 11.5. The van der Waals surface area contributed by atoms with E-state index in [9.17, 15) is 18.9 Å². The summed E-state index contributed by atoms with van der Waals surface area (Å²) >= 11 is 0. The molecule has 24 heavy (non-hydrogen) atoms. The fourth-order valence-corrected chi connectivity index (χ4v) is 1.96. The molecule has 0 unspecified atom stereocenters. The van der Waals surface area contributed by atoms with Gasteiger partial charge in [0.05, 0.1) is 11.5 Å². The topological polar surface area (TPSA) is 113 Å². The number of nitrogens with zero attached hydrogens (tertiary/aromatic N) is 4. The van der Waals surface area contributed by atoms with Crippen LogP contribution in [0.25, 0.3) is 5.69 Å². The predicted molar refractivity (Wildman–Crippen MR) is 76.6 cm³/mol. The number of alkyl halides is 2. The van der Waals surface area contributed by atoms with Crippen LogP contribution in [0.15, 0.2) is 18.3 Å². The van der Waals surface area contributed by atoms with Crippen molar-refractivity contribution in [2.75, 3.05) is 13.2 Å². The van der Waals surface area contributed by atoms with Crippen LogP contribution >= 0.6 is 0 Å². The SMILES string of the molecule is Cc1c([N+](=O)[O-])c(OCCCO)nn1-c1cccnc1OC(F)F. The van der Waals surface area contributed by atoms with Gasteiger partial charge >= 0.3 is 18.2 Å². The standard InChI is InChI=1S/C13H14F2N4O5/c1-8-10(19(21)22)12(23-7-3-6-20)17-18(8)9-4-2-5-16-11(9)24-13(14)15/h2,4-5,13,20H,3,6-7H2,1H3. The minimum atomic E-state index is -3.11. The summed E-state index contributed by atoms with van der Waals surface area (Å²) in [4.78, 5) is 14.2. The molecule has 0 atom stereocenters. The number of hydrogen-bond donors (Lipinski definition) is 1. The Morgan fingerprint density at radius 3 is 2.83 bits per heavy atom. The molecule has 2 aromatic rings. The Bertz CT molecular complexity index is 722. The van der Waals surface area contributed by atoms with E-state index in [1.54, 1.807) is 0 Å². The van der Waals surface area contributed by atoms with E-state index in [0.29, 0.717) is 0 Å². The largest absolute Gasteiger partial charge is 0.472 e. The molecule has 0 aliphatic heterocycles. The molecular weight excluding hydrogens is 330 g/mol. The zero-order valence-corrected chi connectivity index (χ0v) is 12.6. The third kappa shape index (κ3) is 3.74. The zero-order valence-electron chi connectivity index (χ0n) is 12.6. The molecule has 0 aromatic carbocycles. The second kappa shape index (κ2) is 7.64. The van der Waals surface area contributed by atoms with Crippen LogP contribution in [0.1, 0.15) is 12.1 Å². The van der Waals surface area contributed by atoms with Gasteiger partial charge in [-0.3, -0.25) is 10.1 Å². The molecule has 0 saturated carbocycles. The number of nitro groups is 1. The lowest BCUT2D eigenvalue weighted by molar-refractivity contribution is -0.386. The van der Waals surface area contributed by atoms with Crippen LogP contribution in [0.3, 0.4) is 0 Å². The van der Waals surface area contributed by atoms with Crippen molar-refractivity contribution in [2.45, 2.75) is 20.0 Å². The molecular formula is C13H14F2N4O5. The Hall–Kier alpha value is -2.82. The normalized spacial score (nSPS) is 10.9. The number of aliphatic hydroxyl groups excluding tert-OH is 1. The summed E-state index contributed by atoms with van der Waals surface area (Å²) in [5.74, 6) is -0.701. The molecule has 11 heteroatoms. The number of aromatic nitrogens is 3. The van der Waals surface area contributed by atoms with Gasteiger partial charge in [-0.2, -0.15) is 8.78 Å². The van der Waals surface area contributed by atoms with Crippen molar-refractivity contribution in [3.63, 3.8) is 0 Å². The highest BCUT2D eigenvalue weighted by Crippen LogP contribution is 2.33. The molecule has 0 aliphatic rings. The summed E-state index contributed by atoms with van der Waals surface area (Å²) in [5, 5.41) is 23.9. The van der Waals surface area contributed by atoms with Crippen molar-refractivity contribution < 1.29 is 28.3 Å². The van der Waals surface area contributed by atoms with Crippen molar-refractivity contribution in [1.29, 1.82) is 0 Å². The smallest absolute Gasteiger partial charge is 0.388 e. The van der Waals surface area contributed by atoms with Crippen molar-refractivity contribution in [2.24, 2.45) is 0 Å². The van der Waals surface area contributed by atoms with Crippen molar-refractivity contribution in [3.05, 3.63) is 34.1 Å². The van der Waals surface area contributed by atoms with Gasteiger partial charge in [0.1, 0.15) is 11.4 Å². The van der Waals surface area contributed by atoms with E-state index in [0.717, 1.165) is 4.68 Å². The number of rotatable bonds is 8. The van der Waals surface area contributed by atoms with E-state index in [2.05, 4.69) is 14.8 Å². The average molecular weight is 344 g/mol. The lowest BCUT2D eigenvalue weighted by Gasteiger charge is -2.09. The van der Waals surface area contributed by atoms with Crippen LogP contribution in [0.2, 0.25) is 0 Å². The van der Waals surface area contributed by atoms with Crippen LogP contribution in [0, 0.1) is 17.0 Å². The molecule has 0 fully saturated rings. The average Bonchev–Trinajstić information content (AvgIpc) is 2.84. The van der Waals surface area contributed by atoms with Gasteiger partial charge in [-0.05, 0) is 19.1 Å². The van der Waals surface area contributed by atoms with Crippen LogP contribution in [-0.4, -0.2) is 44.6 Å². The third-order valence-corrected chi connectivity index (χ3v) is 2.96. The number of ether oxygens (including phenoxy) is 2. The van der Waals surface area contributed by atoms with Gasteiger partial charge in [0, 0.05) is 19.2 Å². The van der Waals surface area contributed by atoms with Gasteiger partial charge in [-0.15, -0.1) is 5.10 Å². The van der Waals surface area contributed by atoms with Crippen molar-refractivity contribution >= 4 is 5.69 Å². The highest BCUT2D eigenvalue weighted by Gasteiger charge is 2.28. The maximum atomic E-state index is 12.5. The van der Waals surface area contributed by atoms with Crippen molar-refractivity contribution in [3.8, 4) is 17.4 Å². The summed E-state index contributed by atoms with van der Waals surface area (Å²) in [6, 6.07) is 2.83. The minimum absolute atomic E-state index is 0.00964. The fraction of sp³-hybridized carbons (Fsp3) is 0.385. The molecule has 0 aliphatic carbocycles. The lowest BCUT2D eigenvalue weighted by Crippen LogP contribution is -2.09. The molecule has 130 valence electrons. The van der Waals surface area contributed by atoms with Crippen LogP contribution in [0.5, 0.6) is 11.8 Å². The highest BCUT2D eigenvalue weighted by molar-refractivity contribution is 5.52. The number of aliphatic hydroxyl groups is 1. The maximum absolute atomic E-state index is 12.5. The summed E-state index contributed by atoms with van der Waals surface area (Å²) in [5.41, 5.74) is -0.332. The Kier molecular flexibility index (Phi) is 5.58. The van der Waals surface area contributed by atoms with Gasteiger partial charge in [0.25, 0.3) is 0 Å². The maximum Gasteiger partial charge on any atom is 0.388 e. The van der Waals surface area contributed by atoms with E-state index >= 15 is 0 Å². The molecule has 2 heterocycles. The first kappa shape index (κ1) is 17.5. The summed E-state index contributed by atoms with van der Waals surface area (Å²) in [7, 11) is 0. The summed E-state index contributed by atoms with van der Waals surface area (Å²) in [6.07, 6.45) is 1.50. The molecule has 0 bridgehead atoms. The molecule has 0 spiro atoms. The molecule has 2 rings (SSSR count). The molecule has 2 aromatic heterocycles.